The van der Waals surface area contributed by atoms with Crippen LogP contribution < -0.4 is 19.1 Å². The maximum Gasteiger partial charge on any atom is 0.247 e. The number of ether oxygens (including phenoxy) is 2. The summed E-state index contributed by atoms with van der Waals surface area (Å²) >= 11 is 0. The second-order valence-electron chi connectivity index (χ2n) is 5.89. The molecule has 0 unspecified atom stereocenters. The van der Waals surface area contributed by atoms with Gasteiger partial charge in [-0.25, -0.2) is 8.42 Å². The standard InChI is InChI=1S/C19H24N2O5S/c1-5-26-18-11-6-8-15(12-18)20-19(22)14(2)21(27(4,23)24)16-9-7-10-17(13-16)25-3/h6-14H,5H2,1-4H3,(H,20,22)/t14-/m0/s1. The summed E-state index contributed by atoms with van der Waals surface area (Å²) in [6.45, 7) is 3.90. The molecule has 0 fully saturated rings. The molecule has 0 aromatic heterocycles. The summed E-state index contributed by atoms with van der Waals surface area (Å²) in [7, 11) is -2.21. The number of anilines is 2. The van der Waals surface area contributed by atoms with Crippen molar-refractivity contribution in [3.63, 3.8) is 0 Å². The average molecular weight is 392 g/mol. The number of nitrogens with one attached hydrogen (secondary N) is 1. The van der Waals surface area contributed by atoms with Crippen molar-refractivity contribution >= 4 is 27.3 Å². The number of carbonyl (C=O) groups excluding carboxylic acids is 1. The zero-order valence-corrected chi connectivity index (χ0v) is 16.6. The molecular weight excluding hydrogens is 368 g/mol. The molecule has 1 atom stereocenters. The smallest absolute Gasteiger partial charge is 0.247 e. The minimum Gasteiger partial charge on any atom is -0.497 e. The number of amides is 1. The number of rotatable bonds is 8. The van der Waals surface area contributed by atoms with Gasteiger partial charge in [0.05, 0.1) is 25.7 Å². The number of sulfonamides is 1. The van der Waals surface area contributed by atoms with E-state index in [0.717, 1.165) is 10.6 Å². The van der Waals surface area contributed by atoms with Gasteiger partial charge in [-0.3, -0.25) is 9.10 Å². The summed E-state index contributed by atoms with van der Waals surface area (Å²) in [4.78, 5) is 12.7. The van der Waals surface area contributed by atoms with E-state index >= 15 is 0 Å². The van der Waals surface area contributed by atoms with Gasteiger partial charge in [-0.1, -0.05) is 12.1 Å². The van der Waals surface area contributed by atoms with Gasteiger partial charge < -0.3 is 14.8 Å². The number of carbonyl (C=O) groups is 1. The lowest BCUT2D eigenvalue weighted by Gasteiger charge is -2.28. The van der Waals surface area contributed by atoms with Gasteiger partial charge >= 0.3 is 0 Å². The highest BCUT2D eigenvalue weighted by atomic mass is 32.2. The molecule has 0 saturated carbocycles. The SMILES string of the molecule is CCOc1cccc(NC(=O)[C@H](C)N(c2cccc(OC)c2)S(C)(=O)=O)c1. The van der Waals surface area contributed by atoms with E-state index in [2.05, 4.69) is 5.32 Å². The molecule has 1 N–H and O–H groups in total. The van der Waals surface area contributed by atoms with Crippen molar-refractivity contribution in [2.24, 2.45) is 0 Å². The molecule has 0 heterocycles. The summed E-state index contributed by atoms with van der Waals surface area (Å²) < 4.78 is 36.3. The Morgan fingerprint density at radius 1 is 1.15 bits per heavy atom. The minimum atomic E-state index is -3.70. The molecule has 2 aromatic rings. The first-order chi connectivity index (χ1) is 12.8. The second-order valence-corrected chi connectivity index (χ2v) is 7.75. The molecular formula is C19H24N2O5S. The molecule has 0 radical (unpaired) electrons. The first kappa shape index (κ1) is 20.6. The third-order valence-corrected chi connectivity index (χ3v) is 5.05. The Morgan fingerprint density at radius 2 is 1.81 bits per heavy atom. The van der Waals surface area contributed by atoms with Gasteiger partial charge in [0.2, 0.25) is 15.9 Å². The van der Waals surface area contributed by atoms with Crippen LogP contribution in [0.3, 0.4) is 0 Å². The monoisotopic (exact) mass is 392 g/mol. The van der Waals surface area contributed by atoms with Crippen molar-refractivity contribution in [1.82, 2.24) is 0 Å². The van der Waals surface area contributed by atoms with Gasteiger partial charge in [0, 0.05) is 17.8 Å². The predicted molar refractivity (Wildman–Crippen MR) is 106 cm³/mol. The van der Waals surface area contributed by atoms with Gasteiger partial charge in [-0.2, -0.15) is 0 Å². The lowest BCUT2D eigenvalue weighted by atomic mass is 10.2. The van der Waals surface area contributed by atoms with Crippen LogP contribution in [0.25, 0.3) is 0 Å². The van der Waals surface area contributed by atoms with Crippen LogP contribution in [-0.2, 0) is 14.8 Å². The van der Waals surface area contributed by atoms with Gasteiger partial charge in [0.15, 0.2) is 0 Å². The highest BCUT2D eigenvalue weighted by Gasteiger charge is 2.29. The van der Waals surface area contributed by atoms with Gasteiger partial charge in [0.1, 0.15) is 17.5 Å². The third kappa shape index (κ3) is 5.37. The second kappa shape index (κ2) is 8.77. The predicted octanol–water partition coefficient (Wildman–Crippen LogP) is 2.89. The van der Waals surface area contributed by atoms with Gasteiger partial charge in [-0.05, 0) is 38.1 Å². The van der Waals surface area contributed by atoms with Crippen molar-refractivity contribution < 1.29 is 22.7 Å². The van der Waals surface area contributed by atoms with Gasteiger partial charge in [-0.15, -0.1) is 0 Å². The first-order valence-corrected chi connectivity index (χ1v) is 10.3. The number of nitrogens with zero attached hydrogens (tertiary/aromatic N) is 1. The lowest BCUT2D eigenvalue weighted by Crippen LogP contribution is -2.45. The van der Waals surface area contributed by atoms with Crippen molar-refractivity contribution in [2.75, 3.05) is 29.6 Å². The molecule has 0 bridgehead atoms. The van der Waals surface area contributed by atoms with Crippen LogP contribution in [-0.4, -0.2) is 40.3 Å². The summed E-state index contributed by atoms with van der Waals surface area (Å²) in [5.41, 5.74) is 0.875. The van der Waals surface area contributed by atoms with Crippen LogP contribution in [0.2, 0.25) is 0 Å². The molecule has 0 spiro atoms. The van der Waals surface area contributed by atoms with Crippen molar-refractivity contribution in [3.8, 4) is 11.5 Å². The topological polar surface area (TPSA) is 84.9 Å². The van der Waals surface area contributed by atoms with E-state index < -0.39 is 22.0 Å². The lowest BCUT2D eigenvalue weighted by molar-refractivity contribution is -0.116. The Balaban J connectivity index is 2.28. The highest BCUT2D eigenvalue weighted by Crippen LogP contribution is 2.26. The van der Waals surface area contributed by atoms with Crippen LogP contribution in [0.1, 0.15) is 13.8 Å². The number of hydrogen-bond acceptors (Lipinski definition) is 5. The van der Waals surface area contributed by atoms with E-state index in [4.69, 9.17) is 9.47 Å². The fraction of sp³-hybridized carbons (Fsp3) is 0.316. The molecule has 2 rings (SSSR count). The van der Waals surface area contributed by atoms with E-state index in [9.17, 15) is 13.2 Å². The summed E-state index contributed by atoms with van der Waals surface area (Å²) in [6.07, 6.45) is 1.06. The molecule has 0 aliphatic heterocycles. The fourth-order valence-corrected chi connectivity index (χ4v) is 3.80. The Morgan fingerprint density at radius 3 is 2.44 bits per heavy atom. The highest BCUT2D eigenvalue weighted by molar-refractivity contribution is 7.92. The van der Waals surface area contributed by atoms with E-state index in [1.165, 1.54) is 14.0 Å². The molecule has 7 nitrogen and oxygen atoms in total. The average Bonchev–Trinajstić information content (AvgIpc) is 2.61. The third-order valence-electron chi connectivity index (χ3n) is 3.81. The largest absolute Gasteiger partial charge is 0.497 e. The normalized spacial score (nSPS) is 12.1. The number of hydrogen-bond donors (Lipinski definition) is 1. The molecule has 8 heteroatoms. The Kier molecular flexibility index (Phi) is 6.68. The number of benzene rings is 2. The quantitative estimate of drug-likeness (QED) is 0.747. The zero-order chi connectivity index (χ0) is 20.0. The Bertz CT molecular complexity index is 898. The molecule has 2 aromatic carbocycles. The van der Waals surface area contributed by atoms with Crippen LogP contribution >= 0.6 is 0 Å². The summed E-state index contributed by atoms with van der Waals surface area (Å²) in [5.74, 6) is 0.658. The maximum absolute atomic E-state index is 12.7. The Hall–Kier alpha value is -2.74. The van der Waals surface area contributed by atoms with E-state index in [1.54, 1.807) is 48.5 Å². The molecule has 146 valence electrons. The molecule has 0 saturated heterocycles. The van der Waals surface area contributed by atoms with Crippen molar-refractivity contribution in [1.29, 1.82) is 0 Å². The van der Waals surface area contributed by atoms with Crippen LogP contribution in [0.5, 0.6) is 11.5 Å². The van der Waals surface area contributed by atoms with E-state index in [-0.39, 0.29) is 0 Å². The van der Waals surface area contributed by atoms with Crippen molar-refractivity contribution in [3.05, 3.63) is 48.5 Å². The first-order valence-electron chi connectivity index (χ1n) is 8.43. The van der Waals surface area contributed by atoms with Crippen LogP contribution in [0.4, 0.5) is 11.4 Å². The van der Waals surface area contributed by atoms with E-state index in [0.29, 0.717) is 29.5 Å². The zero-order valence-electron chi connectivity index (χ0n) is 15.8. The summed E-state index contributed by atoms with van der Waals surface area (Å²) in [5, 5.41) is 2.74. The molecule has 0 aliphatic carbocycles. The fourth-order valence-electron chi connectivity index (χ4n) is 2.63. The number of methoxy groups -OCH3 is 1. The maximum atomic E-state index is 12.7. The minimum absolute atomic E-state index is 0.350. The van der Waals surface area contributed by atoms with E-state index in [1.807, 2.05) is 6.92 Å². The Labute approximate surface area is 160 Å². The van der Waals surface area contributed by atoms with Gasteiger partial charge in [0.25, 0.3) is 0 Å². The molecule has 27 heavy (non-hydrogen) atoms. The van der Waals surface area contributed by atoms with Crippen molar-refractivity contribution in [2.45, 2.75) is 19.9 Å². The summed E-state index contributed by atoms with van der Waals surface area (Å²) in [6, 6.07) is 12.5. The van der Waals surface area contributed by atoms with Crippen LogP contribution in [0.15, 0.2) is 48.5 Å². The van der Waals surface area contributed by atoms with Crippen LogP contribution in [0, 0.1) is 0 Å². The molecule has 0 aliphatic rings. The molecule has 1 amide bonds.